The summed E-state index contributed by atoms with van der Waals surface area (Å²) in [5.74, 6) is 0.921. The van der Waals surface area contributed by atoms with Crippen molar-refractivity contribution < 1.29 is 18.7 Å². The molecule has 3 nitrogen and oxygen atoms in total. The monoisotopic (exact) mass is 436 g/mol. The van der Waals surface area contributed by atoms with Crippen LogP contribution in [-0.2, 0) is 6.61 Å². The van der Waals surface area contributed by atoms with E-state index in [-0.39, 0.29) is 24.0 Å². The molecule has 33 heavy (non-hydrogen) atoms. The Kier molecular flexibility index (Phi) is 5.49. The molecule has 0 aromatic heterocycles. The minimum Gasteiger partial charge on any atom is -0.488 e. The summed E-state index contributed by atoms with van der Waals surface area (Å²) < 4.78 is 25.2. The Morgan fingerprint density at radius 2 is 1.64 bits per heavy atom. The van der Waals surface area contributed by atoms with Crippen molar-refractivity contribution in [3.05, 3.63) is 125 Å². The highest BCUT2D eigenvalue weighted by Crippen LogP contribution is 2.39. The van der Waals surface area contributed by atoms with E-state index in [4.69, 9.17) is 9.47 Å². The standard InChI is InChI=1S/C29H21FO3/c1-19-26(32-18-21-6-5-9-24(30)16-21)15-14-25-28(31)27(33-29(19)25)17-20-10-12-23(13-11-20)22-7-3-2-4-8-22/h2-17H,18H2,1H3/b27-17-. The third-order valence-corrected chi connectivity index (χ3v) is 5.64. The van der Waals surface area contributed by atoms with Crippen molar-refractivity contribution in [1.82, 2.24) is 0 Å². The summed E-state index contributed by atoms with van der Waals surface area (Å²) in [6, 6.07) is 27.9. The quantitative estimate of drug-likeness (QED) is 0.316. The summed E-state index contributed by atoms with van der Waals surface area (Å²) >= 11 is 0. The molecule has 0 atom stereocenters. The van der Waals surface area contributed by atoms with Crippen LogP contribution in [0.3, 0.4) is 0 Å². The van der Waals surface area contributed by atoms with Crippen molar-refractivity contribution in [2.24, 2.45) is 0 Å². The van der Waals surface area contributed by atoms with Crippen LogP contribution in [0.15, 0.2) is 96.8 Å². The number of ketones is 1. The molecule has 0 spiro atoms. The molecule has 0 saturated heterocycles. The van der Waals surface area contributed by atoms with Gasteiger partial charge in [-0.2, -0.15) is 0 Å². The molecule has 1 heterocycles. The first-order valence-corrected chi connectivity index (χ1v) is 10.7. The van der Waals surface area contributed by atoms with E-state index in [1.807, 2.05) is 49.4 Å². The van der Waals surface area contributed by atoms with E-state index in [0.717, 1.165) is 27.8 Å². The molecule has 4 aromatic carbocycles. The van der Waals surface area contributed by atoms with Gasteiger partial charge in [-0.3, -0.25) is 4.79 Å². The molecular weight excluding hydrogens is 415 g/mol. The molecule has 1 aliphatic heterocycles. The number of ether oxygens (including phenoxy) is 2. The maximum absolute atomic E-state index is 13.4. The lowest BCUT2D eigenvalue weighted by atomic mass is 10.0. The predicted molar refractivity (Wildman–Crippen MR) is 127 cm³/mol. The van der Waals surface area contributed by atoms with Crippen LogP contribution in [0.4, 0.5) is 4.39 Å². The lowest BCUT2D eigenvalue weighted by molar-refractivity contribution is 0.101. The number of fused-ring (bicyclic) bond motifs is 1. The Balaban J connectivity index is 1.35. The number of hydrogen-bond acceptors (Lipinski definition) is 3. The Hall–Kier alpha value is -4.18. The van der Waals surface area contributed by atoms with Crippen LogP contribution in [0.2, 0.25) is 0 Å². The van der Waals surface area contributed by atoms with E-state index < -0.39 is 0 Å². The molecule has 162 valence electrons. The third-order valence-electron chi connectivity index (χ3n) is 5.64. The molecule has 0 bridgehead atoms. The van der Waals surface area contributed by atoms with Gasteiger partial charge in [0.1, 0.15) is 23.9 Å². The predicted octanol–water partition coefficient (Wildman–Crippen LogP) is 7.00. The third kappa shape index (κ3) is 4.28. The van der Waals surface area contributed by atoms with Crippen molar-refractivity contribution in [2.75, 3.05) is 0 Å². The van der Waals surface area contributed by atoms with Crippen LogP contribution in [0, 0.1) is 12.7 Å². The molecule has 1 aliphatic rings. The largest absolute Gasteiger partial charge is 0.488 e. The van der Waals surface area contributed by atoms with Crippen LogP contribution in [0.5, 0.6) is 11.5 Å². The molecule has 4 heteroatoms. The molecule has 0 radical (unpaired) electrons. The summed E-state index contributed by atoms with van der Waals surface area (Å²) in [6.45, 7) is 2.08. The zero-order valence-electron chi connectivity index (χ0n) is 18.0. The molecule has 0 amide bonds. The first-order valence-electron chi connectivity index (χ1n) is 10.7. The van der Waals surface area contributed by atoms with Gasteiger partial charge in [-0.15, -0.1) is 0 Å². The normalized spacial score (nSPS) is 13.6. The summed E-state index contributed by atoms with van der Waals surface area (Å²) in [7, 11) is 0. The van der Waals surface area contributed by atoms with Crippen LogP contribution >= 0.6 is 0 Å². The SMILES string of the molecule is Cc1c(OCc2cccc(F)c2)ccc2c1O/C(=C\c1ccc(-c3ccccc3)cc1)C2=O. The van der Waals surface area contributed by atoms with E-state index in [9.17, 15) is 9.18 Å². The number of halogens is 1. The fourth-order valence-electron chi connectivity index (χ4n) is 3.87. The van der Waals surface area contributed by atoms with Crippen LogP contribution in [0.25, 0.3) is 17.2 Å². The second-order valence-electron chi connectivity index (χ2n) is 7.91. The van der Waals surface area contributed by atoms with E-state index in [1.165, 1.54) is 12.1 Å². The fourth-order valence-corrected chi connectivity index (χ4v) is 3.87. The minimum absolute atomic E-state index is 0.156. The zero-order valence-corrected chi connectivity index (χ0v) is 18.0. The summed E-state index contributed by atoms with van der Waals surface area (Å²) in [5.41, 5.74) is 5.10. The van der Waals surface area contributed by atoms with E-state index >= 15 is 0 Å². The van der Waals surface area contributed by atoms with Gasteiger partial charge in [0.15, 0.2) is 5.76 Å². The first-order chi connectivity index (χ1) is 16.1. The van der Waals surface area contributed by atoms with E-state index in [0.29, 0.717) is 17.1 Å². The lowest BCUT2D eigenvalue weighted by Gasteiger charge is -2.11. The number of hydrogen-bond donors (Lipinski definition) is 0. The molecular formula is C29H21FO3. The number of allylic oxidation sites excluding steroid dienone is 1. The van der Waals surface area contributed by atoms with Crippen molar-refractivity contribution in [3.8, 4) is 22.6 Å². The highest BCUT2D eigenvalue weighted by molar-refractivity contribution is 6.15. The fraction of sp³-hybridized carbons (Fsp3) is 0.0690. The molecule has 0 N–H and O–H groups in total. The Morgan fingerprint density at radius 1 is 0.879 bits per heavy atom. The van der Waals surface area contributed by atoms with Crippen LogP contribution in [0.1, 0.15) is 27.0 Å². The second-order valence-corrected chi connectivity index (χ2v) is 7.91. The highest BCUT2D eigenvalue weighted by Gasteiger charge is 2.30. The summed E-state index contributed by atoms with van der Waals surface area (Å²) in [4.78, 5) is 12.9. The molecule has 5 rings (SSSR count). The van der Waals surface area contributed by atoms with Gasteiger partial charge in [-0.1, -0.05) is 66.7 Å². The van der Waals surface area contributed by atoms with Gasteiger partial charge >= 0.3 is 0 Å². The second kappa shape index (κ2) is 8.75. The molecule has 0 aliphatic carbocycles. The van der Waals surface area contributed by atoms with Crippen molar-refractivity contribution in [1.29, 1.82) is 0 Å². The van der Waals surface area contributed by atoms with Gasteiger partial charge in [0.25, 0.3) is 0 Å². The van der Waals surface area contributed by atoms with Crippen molar-refractivity contribution >= 4 is 11.9 Å². The number of benzene rings is 4. The van der Waals surface area contributed by atoms with Gasteiger partial charge in [-0.05, 0) is 59.5 Å². The number of rotatable bonds is 5. The van der Waals surface area contributed by atoms with Gasteiger partial charge in [0.05, 0.1) is 5.56 Å². The Labute approximate surface area is 191 Å². The van der Waals surface area contributed by atoms with E-state index in [2.05, 4.69) is 12.1 Å². The molecule has 0 fully saturated rings. The molecule has 0 saturated carbocycles. The maximum Gasteiger partial charge on any atom is 0.231 e. The number of carbonyl (C=O) groups excluding carboxylic acids is 1. The highest BCUT2D eigenvalue weighted by atomic mass is 19.1. The van der Waals surface area contributed by atoms with Crippen molar-refractivity contribution in [2.45, 2.75) is 13.5 Å². The molecule has 4 aromatic rings. The first kappa shape index (κ1) is 20.7. The average molecular weight is 436 g/mol. The van der Waals surface area contributed by atoms with Gasteiger partial charge in [0, 0.05) is 5.56 Å². The Morgan fingerprint density at radius 3 is 2.39 bits per heavy atom. The smallest absolute Gasteiger partial charge is 0.231 e. The Bertz CT molecular complexity index is 1360. The van der Waals surface area contributed by atoms with E-state index in [1.54, 1.807) is 30.3 Å². The number of Topliss-reactive ketones (excluding diaryl/α,β-unsaturated/α-hetero) is 1. The summed E-state index contributed by atoms with van der Waals surface area (Å²) in [5, 5.41) is 0. The van der Waals surface area contributed by atoms with Gasteiger partial charge < -0.3 is 9.47 Å². The topological polar surface area (TPSA) is 35.5 Å². The zero-order chi connectivity index (χ0) is 22.8. The maximum atomic E-state index is 13.4. The lowest BCUT2D eigenvalue weighted by Crippen LogP contribution is -1.98. The van der Waals surface area contributed by atoms with Gasteiger partial charge in [0.2, 0.25) is 5.78 Å². The van der Waals surface area contributed by atoms with Crippen LogP contribution in [-0.4, -0.2) is 5.78 Å². The van der Waals surface area contributed by atoms with Crippen LogP contribution < -0.4 is 9.47 Å². The average Bonchev–Trinajstić information content (AvgIpc) is 3.16. The molecule has 0 unspecified atom stereocenters. The summed E-state index contributed by atoms with van der Waals surface area (Å²) in [6.07, 6.45) is 1.75. The van der Waals surface area contributed by atoms with Crippen molar-refractivity contribution in [3.63, 3.8) is 0 Å². The number of carbonyl (C=O) groups is 1. The minimum atomic E-state index is -0.303. The van der Waals surface area contributed by atoms with Gasteiger partial charge in [-0.25, -0.2) is 4.39 Å².